The van der Waals surface area contributed by atoms with Gasteiger partial charge in [-0.05, 0) is 89.8 Å². The predicted octanol–water partition coefficient (Wildman–Crippen LogP) is 8.23. The maximum absolute atomic E-state index is 6.05. The second-order valence-corrected chi connectivity index (χ2v) is 10.5. The number of rotatable bonds is 13. The molecule has 0 bridgehead atoms. The minimum atomic E-state index is 0.603. The maximum atomic E-state index is 6.05. The molecule has 0 aliphatic heterocycles. The Morgan fingerprint density at radius 3 is 1.72 bits per heavy atom. The zero-order chi connectivity index (χ0) is 30.4. The van der Waals surface area contributed by atoms with Gasteiger partial charge in [-0.3, -0.25) is 0 Å². The summed E-state index contributed by atoms with van der Waals surface area (Å²) < 4.78 is 11.8. The number of nitrogens with one attached hydrogen (secondary N) is 2. The standard InChI is InChI=1S/C21H24N2O.C16H22N2O/c1-3-17-10-20(24-14-16-8-6-5-7-9-16)11-18(4-2)21(17)12-19-13-22-15-23-19;1-4-12-7-8-16(19-6-3)14(5-2)15(12)9-13-10-17-11-18-13/h5-11,13,15H,3-4,12,14H2,1-2H3,(H,22,23);7-8,10-11H,4-6,9H2,1-3H3,(H,17,18). The molecule has 0 unspecified atom stereocenters. The molecule has 0 fully saturated rings. The third-order valence-corrected chi connectivity index (χ3v) is 7.76. The fourth-order valence-electron chi connectivity index (χ4n) is 5.53. The molecule has 0 aliphatic rings. The van der Waals surface area contributed by atoms with Gasteiger partial charge in [-0.1, -0.05) is 64.1 Å². The lowest BCUT2D eigenvalue weighted by Gasteiger charge is -2.17. The summed E-state index contributed by atoms with van der Waals surface area (Å²) in [6, 6.07) is 19.0. The molecule has 0 amide bonds. The summed E-state index contributed by atoms with van der Waals surface area (Å²) >= 11 is 0. The minimum Gasteiger partial charge on any atom is -0.494 e. The molecular weight excluding hydrogens is 532 g/mol. The maximum Gasteiger partial charge on any atom is 0.122 e. The topological polar surface area (TPSA) is 75.8 Å². The van der Waals surface area contributed by atoms with Crippen molar-refractivity contribution >= 4 is 0 Å². The summed E-state index contributed by atoms with van der Waals surface area (Å²) in [4.78, 5) is 14.8. The van der Waals surface area contributed by atoms with Crippen molar-refractivity contribution in [2.45, 2.75) is 79.8 Å². The molecule has 5 rings (SSSR count). The second-order valence-electron chi connectivity index (χ2n) is 10.5. The smallest absolute Gasteiger partial charge is 0.122 e. The van der Waals surface area contributed by atoms with Crippen molar-refractivity contribution in [1.29, 1.82) is 0 Å². The van der Waals surface area contributed by atoms with E-state index in [-0.39, 0.29) is 0 Å². The van der Waals surface area contributed by atoms with E-state index in [0.29, 0.717) is 13.2 Å². The number of imidazole rings is 2. The Hall–Kier alpha value is -4.32. The molecule has 0 spiro atoms. The van der Waals surface area contributed by atoms with E-state index < -0.39 is 0 Å². The highest BCUT2D eigenvalue weighted by Crippen LogP contribution is 2.29. The third-order valence-electron chi connectivity index (χ3n) is 7.76. The van der Waals surface area contributed by atoms with Gasteiger partial charge >= 0.3 is 0 Å². The molecule has 43 heavy (non-hydrogen) atoms. The average Bonchev–Trinajstić information content (AvgIpc) is 3.76. The third kappa shape index (κ3) is 8.60. The fraction of sp³-hybridized carbons (Fsp3) is 0.351. The number of aryl methyl sites for hydroxylation is 3. The molecule has 0 atom stereocenters. The van der Waals surface area contributed by atoms with Crippen molar-refractivity contribution in [2.75, 3.05) is 6.61 Å². The molecular formula is C37H46N4O2. The van der Waals surface area contributed by atoms with Gasteiger partial charge in [0.1, 0.15) is 18.1 Å². The lowest BCUT2D eigenvalue weighted by molar-refractivity contribution is 0.305. The highest BCUT2D eigenvalue weighted by molar-refractivity contribution is 5.47. The van der Waals surface area contributed by atoms with Gasteiger partial charge < -0.3 is 19.4 Å². The largest absolute Gasteiger partial charge is 0.494 e. The Bertz CT molecular complexity index is 1490. The normalized spacial score (nSPS) is 10.7. The molecule has 0 saturated heterocycles. The monoisotopic (exact) mass is 578 g/mol. The summed E-state index contributed by atoms with van der Waals surface area (Å²) in [5, 5.41) is 0. The molecule has 0 radical (unpaired) electrons. The first-order chi connectivity index (χ1) is 21.1. The minimum absolute atomic E-state index is 0.603. The number of benzene rings is 3. The van der Waals surface area contributed by atoms with Gasteiger partial charge in [0.25, 0.3) is 0 Å². The summed E-state index contributed by atoms with van der Waals surface area (Å²) in [5.41, 5.74) is 11.5. The van der Waals surface area contributed by atoms with E-state index in [9.17, 15) is 0 Å². The van der Waals surface area contributed by atoms with Crippen LogP contribution >= 0.6 is 0 Å². The number of hydrogen-bond acceptors (Lipinski definition) is 4. The van der Waals surface area contributed by atoms with Crippen LogP contribution in [0, 0.1) is 0 Å². The molecule has 0 saturated carbocycles. The van der Waals surface area contributed by atoms with Crippen LogP contribution in [0.1, 0.15) is 85.0 Å². The Labute approximate surface area is 256 Å². The average molecular weight is 579 g/mol. The first kappa shape index (κ1) is 31.6. The predicted molar refractivity (Wildman–Crippen MR) is 175 cm³/mol. The van der Waals surface area contributed by atoms with E-state index in [2.05, 4.69) is 84.0 Å². The van der Waals surface area contributed by atoms with Crippen LogP contribution in [-0.2, 0) is 45.1 Å². The van der Waals surface area contributed by atoms with E-state index in [1.807, 2.05) is 37.5 Å². The number of H-pyrrole nitrogens is 2. The van der Waals surface area contributed by atoms with Crippen LogP contribution in [0.15, 0.2) is 79.6 Å². The first-order valence-electron chi connectivity index (χ1n) is 15.6. The molecule has 2 aromatic heterocycles. The van der Waals surface area contributed by atoms with Crippen LogP contribution in [0.2, 0.25) is 0 Å². The molecule has 226 valence electrons. The first-order valence-corrected chi connectivity index (χ1v) is 15.6. The van der Waals surface area contributed by atoms with Gasteiger partial charge in [0.05, 0.1) is 30.6 Å². The Balaban J connectivity index is 0.000000203. The van der Waals surface area contributed by atoms with Gasteiger partial charge in [-0.15, -0.1) is 0 Å². The quantitative estimate of drug-likeness (QED) is 0.148. The molecule has 0 aliphatic carbocycles. The summed E-state index contributed by atoms with van der Waals surface area (Å²) in [6.45, 7) is 12.1. The number of ether oxygens (including phenoxy) is 2. The Morgan fingerprint density at radius 2 is 1.21 bits per heavy atom. The summed E-state index contributed by atoms with van der Waals surface area (Å²) in [7, 11) is 0. The van der Waals surface area contributed by atoms with Gasteiger partial charge in [-0.2, -0.15) is 0 Å². The molecule has 3 aromatic carbocycles. The van der Waals surface area contributed by atoms with Crippen LogP contribution in [0.25, 0.3) is 0 Å². The van der Waals surface area contributed by atoms with Crippen molar-refractivity contribution in [3.8, 4) is 11.5 Å². The molecule has 6 heteroatoms. The van der Waals surface area contributed by atoms with E-state index in [1.165, 1.54) is 38.9 Å². The van der Waals surface area contributed by atoms with Crippen LogP contribution < -0.4 is 9.47 Å². The Morgan fingerprint density at radius 1 is 0.605 bits per heavy atom. The zero-order valence-corrected chi connectivity index (χ0v) is 26.4. The van der Waals surface area contributed by atoms with Gasteiger partial charge in [0.2, 0.25) is 0 Å². The van der Waals surface area contributed by atoms with Crippen LogP contribution in [-0.4, -0.2) is 26.5 Å². The number of aromatic nitrogens is 4. The van der Waals surface area contributed by atoms with E-state index in [0.717, 1.165) is 61.4 Å². The lowest BCUT2D eigenvalue weighted by Crippen LogP contribution is -2.05. The summed E-state index contributed by atoms with van der Waals surface area (Å²) in [6.07, 6.45) is 13.2. The summed E-state index contributed by atoms with van der Waals surface area (Å²) in [5.74, 6) is 1.98. The van der Waals surface area contributed by atoms with Gasteiger partial charge in [0, 0.05) is 25.2 Å². The SMILES string of the molecule is CCOc1ccc(CC)c(Cc2c[nH]cn2)c1CC.CCc1cc(OCc2ccccc2)cc(CC)c1Cc1c[nH]cn1. The molecule has 5 aromatic rings. The van der Waals surface area contributed by atoms with Crippen molar-refractivity contribution < 1.29 is 9.47 Å². The Kier molecular flexibility index (Phi) is 12.0. The molecule has 2 N–H and O–H groups in total. The number of aromatic amines is 2. The molecule has 6 nitrogen and oxygen atoms in total. The van der Waals surface area contributed by atoms with Crippen LogP contribution in [0.5, 0.6) is 11.5 Å². The number of nitrogens with zero attached hydrogens (tertiary/aromatic N) is 2. The van der Waals surface area contributed by atoms with Crippen molar-refractivity contribution in [3.05, 3.63) is 130 Å². The van der Waals surface area contributed by atoms with E-state index in [1.54, 1.807) is 12.7 Å². The number of hydrogen-bond donors (Lipinski definition) is 2. The zero-order valence-electron chi connectivity index (χ0n) is 26.4. The lowest BCUT2D eigenvalue weighted by atomic mass is 9.93. The van der Waals surface area contributed by atoms with Crippen LogP contribution in [0.4, 0.5) is 0 Å². The van der Waals surface area contributed by atoms with Gasteiger partial charge in [-0.25, -0.2) is 9.97 Å². The highest BCUT2D eigenvalue weighted by Gasteiger charge is 2.14. The fourth-order valence-corrected chi connectivity index (χ4v) is 5.53. The van der Waals surface area contributed by atoms with Crippen molar-refractivity contribution in [3.63, 3.8) is 0 Å². The second kappa shape index (κ2) is 16.4. The van der Waals surface area contributed by atoms with Crippen LogP contribution in [0.3, 0.4) is 0 Å². The van der Waals surface area contributed by atoms with E-state index in [4.69, 9.17) is 9.47 Å². The molecule has 2 heterocycles. The van der Waals surface area contributed by atoms with Crippen molar-refractivity contribution in [2.24, 2.45) is 0 Å². The van der Waals surface area contributed by atoms with Crippen molar-refractivity contribution in [1.82, 2.24) is 19.9 Å². The highest BCUT2D eigenvalue weighted by atomic mass is 16.5. The van der Waals surface area contributed by atoms with Gasteiger partial charge in [0.15, 0.2) is 0 Å². The van der Waals surface area contributed by atoms with E-state index >= 15 is 0 Å².